The van der Waals surface area contributed by atoms with Crippen LogP contribution in [0.2, 0.25) is 0 Å². The number of halogens is 1. The molecule has 1 atom stereocenters. The monoisotopic (exact) mass is 329 g/mol. The van der Waals surface area contributed by atoms with Gasteiger partial charge in [0.05, 0.1) is 11.6 Å². The summed E-state index contributed by atoms with van der Waals surface area (Å²) in [5.74, 6) is 1.10. The van der Waals surface area contributed by atoms with Gasteiger partial charge in [-0.05, 0) is 50.4 Å². The van der Waals surface area contributed by atoms with E-state index >= 15 is 0 Å². The number of benzene rings is 1. The van der Waals surface area contributed by atoms with Gasteiger partial charge >= 0.3 is 0 Å². The topological polar surface area (TPSA) is 64.7 Å². The predicted molar refractivity (Wildman–Crippen MR) is 89.1 cm³/mol. The Hall–Kier alpha value is -2.70. The minimum Gasteiger partial charge on any atom is -0.352 e. The molecule has 0 aliphatic rings. The van der Waals surface area contributed by atoms with Crippen molar-refractivity contribution in [2.24, 2.45) is 0 Å². The van der Waals surface area contributed by atoms with Crippen LogP contribution in [-0.2, 0) is 11.3 Å². The van der Waals surface area contributed by atoms with Crippen LogP contribution in [-0.4, -0.2) is 31.8 Å². The number of hydrogen-bond donors (Lipinski definition) is 1. The average Bonchev–Trinajstić information content (AvgIpc) is 3.08. The van der Waals surface area contributed by atoms with E-state index in [1.165, 1.54) is 12.1 Å². The van der Waals surface area contributed by atoms with Crippen molar-refractivity contribution in [1.29, 1.82) is 0 Å². The maximum Gasteiger partial charge on any atom is 0.240 e. The van der Waals surface area contributed by atoms with Crippen LogP contribution in [0.5, 0.6) is 0 Å². The molecule has 0 spiro atoms. The van der Waals surface area contributed by atoms with E-state index in [2.05, 4.69) is 15.4 Å². The summed E-state index contributed by atoms with van der Waals surface area (Å²) in [5, 5.41) is 8.12. The smallest absolute Gasteiger partial charge is 0.240 e. The zero-order valence-electron chi connectivity index (χ0n) is 14.0. The molecule has 2 heterocycles. The molecule has 0 aliphatic heterocycles. The van der Waals surface area contributed by atoms with E-state index in [4.69, 9.17) is 0 Å². The Bertz CT molecular complexity index is 882. The number of rotatable bonds is 5. The van der Waals surface area contributed by atoms with E-state index in [9.17, 15) is 9.18 Å². The molecule has 0 radical (unpaired) electrons. The largest absolute Gasteiger partial charge is 0.352 e. The molecule has 1 N–H and O–H groups in total. The third-order valence-corrected chi connectivity index (χ3v) is 3.97. The maximum absolute atomic E-state index is 13.4. The molecule has 7 heteroatoms. The third-order valence-electron chi connectivity index (χ3n) is 3.97. The number of aromatic nitrogens is 4. The van der Waals surface area contributed by atoms with E-state index in [-0.39, 0.29) is 24.3 Å². The van der Waals surface area contributed by atoms with Crippen LogP contribution in [0.3, 0.4) is 0 Å². The predicted octanol–water partition coefficient (Wildman–Crippen LogP) is 2.37. The van der Waals surface area contributed by atoms with Crippen LogP contribution in [0, 0.1) is 19.7 Å². The standard InChI is InChI=1S/C17H20FN5O/c1-11(23-13(3)20-12(2)21-23)9-19-17(24)10-22-7-6-14-4-5-15(18)8-16(14)22/h4-8,11H,9-10H2,1-3H3,(H,19,24). The normalized spacial score (nSPS) is 12.5. The van der Waals surface area contributed by atoms with Gasteiger partial charge in [0, 0.05) is 12.7 Å². The summed E-state index contributed by atoms with van der Waals surface area (Å²) in [6.45, 7) is 6.30. The van der Waals surface area contributed by atoms with E-state index in [1.54, 1.807) is 21.5 Å². The molecular weight excluding hydrogens is 309 g/mol. The summed E-state index contributed by atoms with van der Waals surface area (Å²) in [5.41, 5.74) is 0.709. The summed E-state index contributed by atoms with van der Waals surface area (Å²) in [6.07, 6.45) is 1.79. The highest BCUT2D eigenvalue weighted by molar-refractivity contribution is 5.83. The Balaban J connectivity index is 1.63. The van der Waals surface area contributed by atoms with Crippen molar-refractivity contribution < 1.29 is 9.18 Å². The molecule has 3 rings (SSSR count). The first kappa shape index (κ1) is 16.2. The summed E-state index contributed by atoms with van der Waals surface area (Å²) in [7, 11) is 0. The molecule has 0 aliphatic carbocycles. The molecule has 1 amide bonds. The lowest BCUT2D eigenvalue weighted by Crippen LogP contribution is -2.32. The number of fused-ring (bicyclic) bond motifs is 1. The van der Waals surface area contributed by atoms with Gasteiger partial charge in [-0.3, -0.25) is 4.79 Å². The van der Waals surface area contributed by atoms with Gasteiger partial charge in [-0.15, -0.1) is 0 Å². The van der Waals surface area contributed by atoms with Crippen LogP contribution in [0.25, 0.3) is 10.9 Å². The Morgan fingerprint density at radius 3 is 2.83 bits per heavy atom. The second-order valence-electron chi connectivity index (χ2n) is 5.95. The van der Waals surface area contributed by atoms with Crippen LogP contribution in [0.1, 0.15) is 24.6 Å². The quantitative estimate of drug-likeness (QED) is 0.781. The van der Waals surface area contributed by atoms with Gasteiger partial charge in [0.15, 0.2) is 0 Å². The van der Waals surface area contributed by atoms with Gasteiger partial charge in [0.2, 0.25) is 5.91 Å². The third kappa shape index (κ3) is 3.29. The molecule has 24 heavy (non-hydrogen) atoms. The van der Waals surface area contributed by atoms with E-state index < -0.39 is 0 Å². The van der Waals surface area contributed by atoms with Gasteiger partial charge in [-0.2, -0.15) is 5.10 Å². The minimum absolute atomic E-state index is 0.00833. The lowest BCUT2D eigenvalue weighted by molar-refractivity contribution is -0.121. The first-order chi connectivity index (χ1) is 11.4. The van der Waals surface area contributed by atoms with Crippen molar-refractivity contribution >= 4 is 16.8 Å². The van der Waals surface area contributed by atoms with E-state index in [0.29, 0.717) is 17.9 Å². The number of carbonyl (C=O) groups excluding carboxylic acids is 1. The van der Waals surface area contributed by atoms with E-state index in [1.807, 2.05) is 26.8 Å². The summed E-state index contributed by atoms with van der Waals surface area (Å²) < 4.78 is 16.9. The molecule has 2 aromatic heterocycles. The van der Waals surface area contributed by atoms with Gasteiger partial charge in [0.1, 0.15) is 24.0 Å². The molecule has 0 fully saturated rings. The van der Waals surface area contributed by atoms with Crippen LogP contribution >= 0.6 is 0 Å². The number of nitrogens with zero attached hydrogens (tertiary/aromatic N) is 4. The second kappa shape index (κ2) is 6.43. The van der Waals surface area contributed by atoms with Crippen LogP contribution in [0.4, 0.5) is 4.39 Å². The van der Waals surface area contributed by atoms with Crippen LogP contribution in [0.15, 0.2) is 30.5 Å². The van der Waals surface area contributed by atoms with Gasteiger partial charge in [0.25, 0.3) is 0 Å². The molecule has 0 saturated heterocycles. The fraction of sp³-hybridized carbons (Fsp3) is 0.353. The average molecular weight is 329 g/mol. The molecule has 0 bridgehead atoms. The van der Waals surface area contributed by atoms with Crippen molar-refractivity contribution in [3.8, 4) is 0 Å². The van der Waals surface area contributed by atoms with Crippen molar-refractivity contribution in [3.63, 3.8) is 0 Å². The molecule has 6 nitrogen and oxygen atoms in total. The zero-order chi connectivity index (χ0) is 17.3. The molecule has 0 saturated carbocycles. The van der Waals surface area contributed by atoms with Crippen molar-refractivity contribution in [1.82, 2.24) is 24.6 Å². The van der Waals surface area contributed by atoms with Crippen LogP contribution < -0.4 is 5.32 Å². The van der Waals surface area contributed by atoms with Gasteiger partial charge in [-0.1, -0.05) is 0 Å². The summed E-state index contributed by atoms with van der Waals surface area (Å²) >= 11 is 0. The summed E-state index contributed by atoms with van der Waals surface area (Å²) in [4.78, 5) is 16.5. The SMILES string of the molecule is Cc1nc(C)n(C(C)CNC(=O)Cn2ccc3ccc(F)cc32)n1. The Morgan fingerprint density at radius 2 is 2.12 bits per heavy atom. The molecule has 126 valence electrons. The highest BCUT2D eigenvalue weighted by Gasteiger charge is 2.13. The number of carbonyl (C=O) groups is 1. The van der Waals surface area contributed by atoms with Crippen molar-refractivity contribution in [2.75, 3.05) is 6.54 Å². The maximum atomic E-state index is 13.4. The second-order valence-corrected chi connectivity index (χ2v) is 5.95. The van der Waals surface area contributed by atoms with Crippen molar-refractivity contribution in [2.45, 2.75) is 33.4 Å². The number of aryl methyl sites for hydroxylation is 2. The number of amides is 1. The first-order valence-electron chi connectivity index (χ1n) is 7.85. The molecule has 1 aromatic carbocycles. The van der Waals surface area contributed by atoms with Gasteiger partial charge in [-0.25, -0.2) is 14.1 Å². The van der Waals surface area contributed by atoms with Crippen molar-refractivity contribution in [3.05, 3.63) is 47.9 Å². The Morgan fingerprint density at radius 1 is 1.33 bits per heavy atom. The zero-order valence-corrected chi connectivity index (χ0v) is 14.0. The lowest BCUT2D eigenvalue weighted by atomic mass is 10.2. The fourth-order valence-electron chi connectivity index (χ4n) is 2.81. The van der Waals surface area contributed by atoms with Gasteiger partial charge < -0.3 is 9.88 Å². The fourth-order valence-corrected chi connectivity index (χ4v) is 2.81. The molecule has 3 aromatic rings. The Labute approximate surface area is 139 Å². The number of hydrogen-bond acceptors (Lipinski definition) is 3. The highest BCUT2D eigenvalue weighted by Crippen LogP contribution is 2.17. The summed E-state index contributed by atoms with van der Waals surface area (Å²) in [6, 6.07) is 6.43. The highest BCUT2D eigenvalue weighted by atomic mass is 19.1. The number of nitrogens with one attached hydrogen (secondary N) is 1. The molecule has 1 unspecified atom stereocenters. The minimum atomic E-state index is -0.312. The first-order valence-corrected chi connectivity index (χ1v) is 7.85. The van der Waals surface area contributed by atoms with E-state index in [0.717, 1.165) is 11.2 Å². The molecular formula is C17H20FN5O. The lowest BCUT2D eigenvalue weighted by Gasteiger charge is -2.14. The Kier molecular flexibility index (Phi) is 4.33.